The number of ether oxygens (including phenoxy) is 1. The summed E-state index contributed by atoms with van der Waals surface area (Å²) in [5, 5.41) is 10.7. The van der Waals surface area contributed by atoms with Crippen molar-refractivity contribution in [1.29, 1.82) is 0 Å². The van der Waals surface area contributed by atoms with E-state index in [1.807, 2.05) is 61.0 Å². The van der Waals surface area contributed by atoms with Gasteiger partial charge in [-0.05, 0) is 53.9 Å². The molecule has 0 spiro atoms. The van der Waals surface area contributed by atoms with Gasteiger partial charge in [0.05, 0.1) is 21.1 Å². The molecule has 0 bridgehead atoms. The van der Waals surface area contributed by atoms with E-state index in [0.29, 0.717) is 17.7 Å². The lowest BCUT2D eigenvalue weighted by atomic mass is 10.1. The highest BCUT2D eigenvalue weighted by Crippen LogP contribution is 2.40. The lowest BCUT2D eigenvalue weighted by Gasteiger charge is -2.39. The fourth-order valence-corrected chi connectivity index (χ4v) is 4.55. The zero-order chi connectivity index (χ0) is 22.8. The van der Waals surface area contributed by atoms with Gasteiger partial charge < -0.3 is 14.3 Å². The minimum absolute atomic E-state index is 0. The third-order valence-corrected chi connectivity index (χ3v) is 10.3. The zero-order valence-corrected chi connectivity index (χ0v) is 22.8. The van der Waals surface area contributed by atoms with Crippen LogP contribution in [0.1, 0.15) is 43.6 Å². The normalized spacial score (nSPS) is 12.3. The van der Waals surface area contributed by atoms with Crippen molar-refractivity contribution in [2.45, 2.75) is 58.2 Å². The Morgan fingerprint density at radius 3 is 2.13 bits per heavy atom. The summed E-state index contributed by atoms with van der Waals surface area (Å²) >= 11 is 5.35. The second-order valence-corrected chi connectivity index (χ2v) is 14.9. The summed E-state index contributed by atoms with van der Waals surface area (Å²) in [6.07, 6.45) is 4.04. The van der Waals surface area contributed by atoms with Crippen molar-refractivity contribution in [3.05, 3.63) is 65.2 Å². The van der Waals surface area contributed by atoms with Crippen molar-refractivity contribution in [2.24, 2.45) is 0 Å². The molecule has 0 aliphatic heterocycles. The topological polar surface area (TPSA) is 38.7 Å². The van der Waals surface area contributed by atoms with E-state index in [0.717, 1.165) is 16.7 Å². The summed E-state index contributed by atoms with van der Waals surface area (Å²) in [5.74, 6) is 0.714. The third-order valence-electron chi connectivity index (χ3n) is 5.25. The van der Waals surface area contributed by atoms with Crippen LogP contribution in [0, 0.1) is 0 Å². The summed E-state index contributed by atoms with van der Waals surface area (Å²) in [4.78, 5) is 0. The Morgan fingerprint density at radius 1 is 1.06 bits per heavy atom. The van der Waals surface area contributed by atoms with Crippen LogP contribution >= 0.6 is 27.7 Å². The second-order valence-electron chi connectivity index (χ2n) is 8.73. The number of thioether (sulfide) groups is 1. The van der Waals surface area contributed by atoms with Gasteiger partial charge in [-0.2, -0.15) is 11.8 Å². The number of aliphatic hydroxyl groups is 1. The van der Waals surface area contributed by atoms with Gasteiger partial charge >= 0.3 is 0 Å². The number of aliphatic hydroxyl groups excluding tert-OH is 1. The van der Waals surface area contributed by atoms with Crippen LogP contribution in [0.3, 0.4) is 0 Å². The van der Waals surface area contributed by atoms with Gasteiger partial charge in [0.1, 0.15) is 12.4 Å². The minimum atomic E-state index is -1.90. The highest BCUT2D eigenvalue weighted by atomic mass is 79.9. The maximum Gasteiger partial charge on any atom is 0.192 e. The minimum Gasteiger partial charge on any atom is -0.489 e. The van der Waals surface area contributed by atoms with Crippen LogP contribution in [-0.2, 0) is 17.6 Å². The average molecular weight is 527 g/mol. The first-order chi connectivity index (χ1) is 14.1. The molecule has 0 heterocycles. The number of rotatable bonds is 8. The van der Waals surface area contributed by atoms with E-state index >= 15 is 0 Å². The van der Waals surface area contributed by atoms with Gasteiger partial charge in [-0.1, -0.05) is 73.1 Å². The molecule has 0 radical (unpaired) electrons. The van der Waals surface area contributed by atoms with Gasteiger partial charge in [0.15, 0.2) is 8.32 Å². The van der Waals surface area contributed by atoms with E-state index in [9.17, 15) is 5.11 Å². The maximum atomic E-state index is 9.83. The molecule has 174 valence electrons. The maximum absolute atomic E-state index is 9.83. The predicted molar refractivity (Wildman–Crippen MR) is 147 cm³/mol. The Balaban J connectivity index is 0.00000212. The van der Waals surface area contributed by atoms with Gasteiger partial charge in [-0.15, -0.1) is 0 Å². The van der Waals surface area contributed by atoms with Crippen LogP contribution < -0.4 is 4.74 Å². The molecule has 0 aliphatic carbocycles. The van der Waals surface area contributed by atoms with Crippen LogP contribution in [0.25, 0.3) is 0 Å². The highest BCUT2D eigenvalue weighted by Gasteiger charge is 2.39. The lowest BCUT2D eigenvalue weighted by molar-refractivity contribution is 0.207. The van der Waals surface area contributed by atoms with Crippen molar-refractivity contribution >= 4 is 44.4 Å². The van der Waals surface area contributed by atoms with E-state index < -0.39 is 8.32 Å². The SMILES string of the molecule is B.CC(C)(C)[Si](C)(C)O[C@@H](CBr)c1ccc(OCc2ccccc2)c(CO)c1.CSC. The molecule has 0 amide bonds. The molecule has 0 saturated heterocycles. The van der Waals surface area contributed by atoms with Gasteiger partial charge in [0.25, 0.3) is 0 Å². The number of halogens is 1. The average Bonchev–Trinajstić information content (AvgIpc) is 2.71. The molecule has 31 heavy (non-hydrogen) atoms. The molecule has 0 aromatic heterocycles. The highest BCUT2D eigenvalue weighted by molar-refractivity contribution is 9.09. The van der Waals surface area contributed by atoms with Gasteiger partial charge in [-0.25, -0.2) is 0 Å². The molecule has 0 saturated carbocycles. The fraction of sp³-hybridized carbons (Fsp3) is 0.500. The van der Waals surface area contributed by atoms with Crippen LogP contribution in [0.5, 0.6) is 5.75 Å². The Bertz CT molecular complexity index is 754. The van der Waals surface area contributed by atoms with Gasteiger partial charge in [-0.3, -0.25) is 0 Å². The van der Waals surface area contributed by atoms with E-state index in [2.05, 4.69) is 49.8 Å². The third kappa shape index (κ3) is 9.74. The Morgan fingerprint density at radius 2 is 1.65 bits per heavy atom. The van der Waals surface area contributed by atoms with E-state index in [4.69, 9.17) is 9.16 Å². The number of alkyl halides is 1. The predicted octanol–water partition coefficient (Wildman–Crippen LogP) is 6.01. The molecule has 0 fully saturated rings. The van der Waals surface area contributed by atoms with Crippen molar-refractivity contribution in [3.8, 4) is 5.75 Å². The van der Waals surface area contributed by atoms with Crippen LogP contribution in [0.4, 0.5) is 0 Å². The van der Waals surface area contributed by atoms with Crippen molar-refractivity contribution in [3.63, 3.8) is 0 Å². The second kappa shape index (κ2) is 14.4. The first-order valence-corrected chi connectivity index (χ1v) is 15.8. The van der Waals surface area contributed by atoms with Crippen LogP contribution in [-0.4, -0.2) is 39.7 Å². The summed E-state index contributed by atoms with van der Waals surface area (Å²) < 4.78 is 12.5. The van der Waals surface area contributed by atoms with Crippen molar-refractivity contribution in [2.75, 3.05) is 17.8 Å². The quantitative estimate of drug-likeness (QED) is 0.337. The molecule has 0 unspecified atom stereocenters. The monoisotopic (exact) mass is 526 g/mol. The number of hydrogen-bond donors (Lipinski definition) is 1. The summed E-state index contributed by atoms with van der Waals surface area (Å²) in [6.45, 7) is 11.7. The molecule has 7 heteroatoms. The number of benzene rings is 2. The summed E-state index contributed by atoms with van der Waals surface area (Å²) in [6, 6.07) is 16.0. The lowest BCUT2D eigenvalue weighted by Crippen LogP contribution is -2.42. The number of hydrogen-bond acceptors (Lipinski definition) is 4. The van der Waals surface area contributed by atoms with E-state index in [1.54, 1.807) is 11.8 Å². The zero-order valence-electron chi connectivity index (χ0n) is 19.4. The molecular formula is C24H40BBrO3SSi. The molecule has 1 N–H and O–H groups in total. The fourth-order valence-electron chi connectivity index (χ4n) is 2.52. The van der Waals surface area contributed by atoms with Crippen molar-refractivity contribution < 1.29 is 14.3 Å². The van der Waals surface area contributed by atoms with Crippen molar-refractivity contribution in [1.82, 2.24) is 0 Å². The Kier molecular flexibility index (Phi) is 14.1. The molecule has 2 aromatic rings. The summed E-state index contributed by atoms with van der Waals surface area (Å²) in [5.41, 5.74) is 2.95. The first kappa shape index (κ1) is 30.3. The molecule has 3 nitrogen and oxygen atoms in total. The first-order valence-electron chi connectivity index (χ1n) is 10.1. The standard InChI is InChI=1S/C22H31BrO3Si.C2H6S.BH3/c1-22(2,3)27(4,5)26-21(14-23)18-11-12-20(19(13-18)15-24)25-16-17-9-7-6-8-10-17;1-3-2;/h6-13,21,24H,14-16H2,1-5H3;1-2H3;1H3/t21-;;/m0../s1. The summed E-state index contributed by atoms with van der Waals surface area (Å²) in [7, 11) is -1.90. The van der Waals surface area contributed by atoms with E-state index in [1.165, 1.54) is 0 Å². The largest absolute Gasteiger partial charge is 0.489 e. The molecule has 0 aliphatic rings. The molecular weight excluding hydrogens is 487 g/mol. The van der Waals surface area contributed by atoms with Crippen LogP contribution in [0.2, 0.25) is 18.1 Å². The smallest absolute Gasteiger partial charge is 0.192 e. The van der Waals surface area contributed by atoms with Gasteiger partial charge in [0.2, 0.25) is 0 Å². The molecule has 1 atom stereocenters. The molecule has 2 rings (SSSR count). The van der Waals surface area contributed by atoms with E-state index in [-0.39, 0.29) is 26.2 Å². The Labute approximate surface area is 205 Å². The Hall–Kier alpha value is -0.728. The van der Waals surface area contributed by atoms with Crippen LogP contribution in [0.15, 0.2) is 48.5 Å². The molecule has 2 aromatic carbocycles. The van der Waals surface area contributed by atoms with Gasteiger partial charge in [0, 0.05) is 10.9 Å².